The Labute approximate surface area is 173 Å². The van der Waals surface area contributed by atoms with Gasteiger partial charge in [0.2, 0.25) is 0 Å². The number of nitro benzene ring substituents is 1. The second-order valence-corrected chi connectivity index (χ2v) is 6.97. The number of anilines is 1. The molecule has 0 atom stereocenters. The zero-order valence-corrected chi connectivity index (χ0v) is 16.5. The van der Waals surface area contributed by atoms with Gasteiger partial charge in [0.15, 0.2) is 6.61 Å². The molecule has 2 N–H and O–H groups in total. The molecule has 30 heavy (non-hydrogen) atoms. The average Bonchev–Trinajstić information content (AvgIpc) is 2.71. The highest BCUT2D eigenvalue weighted by Gasteiger charge is 2.17. The van der Waals surface area contributed by atoms with Gasteiger partial charge >= 0.3 is 0 Å². The monoisotopic (exact) mass is 407 g/mol. The van der Waals surface area contributed by atoms with Crippen LogP contribution in [-0.2, 0) is 4.79 Å². The molecule has 0 unspecified atom stereocenters. The van der Waals surface area contributed by atoms with E-state index in [1.54, 1.807) is 18.2 Å². The molecule has 0 fully saturated rings. The van der Waals surface area contributed by atoms with Gasteiger partial charge in [-0.1, -0.05) is 30.3 Å². The van der Waals surface area contributed by atoms with Crippen molar-refractivity contribution in [2.75, 3.05) is 11.9 Å². The first-order valence-corrected chi connectivity index (χ1v) is 9.34. The molecule has 0 saturated carbocycles. The molecule has 0 radical (unpaired) electrons. The highest BCUT2D eigenvalue weighted by Crippen LogP contribution is 2.27. The van der Waals surface area contributed by atoms with Crippen LogP contribution in [0.2, 0.25) is 0 Å². The molecule has 154 valence electrons. The number of hydrogen-bond acceptors (Lipinski definition) is 5. The fraction of sp³-hybridized carbons (Fsp3) is 0.182. The summed E-state index contributed by atoms with van der Waals surface area (Å²) < 4.78 is 5.65. The number of non-ortho nitro benzene ring substituents is 1. The maximum absolute atomic E-state index is 12.9. The Kier molecular flexibility index (Phi) is 6.26. The Morgan fingerprint density at radius 2 is 1.73 bits per heavy atom. The summed E-state index contributed by atoms with van der Waals surface area (Å²) in [7, 11) is 0. The molecule has 8 nitrogen and oxygen atoms in total. The Bertz CT molecular complexity index is 1110. The lowest BCUT2D eigenvalue weighted by molar-refractivity contribution is -0.384. The first kappa shape index (κ1) is 20.8. The van der Waals surface area contributed by atoms with Crippen LogP contribution in [0.4, 0.5) is 11.4 Å². The van der Waals surface area contributed by atoms with Gasteiger partial charge in [0.05, 0.1) is 10.5 Å². The number of benzene rings is 3. The van der Waals surface area contributed by atoms with Crippen molar-refractivity contribution in [3.05, 3.63) is 76.3 Å². The molecule has 0 aliphatic rings. The van der Waals surface area contributed by atoms with E-state index in [1.165, 1.54) is 18.2 Å². The lowest BCUT2D eigenvalue weighted by Crippen LogP contribution is -2.34. The summed E-state index contributed by atoms with van der Waals surface area (Å²) in [5, 5.41) is 18.0. The summed E-state index contributed by atoms with van der Waals surface area (Å²) in [6.45, 7) is 3.44. The summed E-state index contributed by atoms with van der Waals surface area (Å²) >= 11 is 0. The van der Waals surface area contributed by atoms with Crippen molar-refractivity contribution < 1.29 is 19.2 Å². The number of amides is 2. The van der Waals surface area contributed by atoms with E-state index in [4.69, 9.17) is 4.74 Å². The second kappa shape index (κ2) is 9.04. The minimum atomic E-state index is -0.534. The maximum Gasteiger partial charge on any atom is 0.271 e. The minimum Gasteiger partial charge on any atom is -0.483 e. The van der Waals surface area contributed by atoms with E-state index < -0.39 is 10.8 Å². The van der Waals surface area contributed by atoms with Crippen molar-refractivity contribution in [2.24, 2.45) is 0 Å². The smallest absolute Gasteiger partial charge is 0.271 e. The van der Waals surface area contributed by atoms with Crippen molar-refractivity contribution in [1.29, 1.82) is 0 Å². The number of nitrogens with one attached hydrogen (secondary N) is 2. The number of hydrogen-bond donors (Lipinski definition) is 2. The first-order valence-electron chi connectivity index (χ1n) is 9.34. The zero-order chi connectivity index (χ0) is 21.7. The van der Waals surface area contributed by atoms with Gasteiger partial charge in [0.1, 0.15) is 5.75 Å². The quantitative estimate of drug-likeness (QED) is 0.456. The third kappa shape index (κ3) is 5.11. The second-order valence-electron chi connectivity index (χ2n) is 6.97. The Hall–Kier alpha value is -3.94. The number of nitrogens with zero attached hydrogens (tertiary/aromatic N) is 1. The van der Waals surface area contributed by atoms with E-state index in [0.29, 0.717) is 0 Å². The predicted molar refractivity (Wildman–Crippen MR) is 114 cm³/mol. The number of nitro groups is 1. The molecule has 0 aliphatic heterocycles. The first-order chi connectivity index (χ1) is 14.3. The van der Waals surface area contributed by atoms with Crippen molar-refractivity contribution in [3.63, 3.8) is 0 Å². The van der Waals surface area contributed by atoms with Crippen LogP contribution in [0.3, 0.4) is 0 Å². The lowest BCUT2D eigenvalue weighted by atomic mass is 10.1. The maximum atomic E-state index is 12.9. The third-order valence-electron chi connectivity index (χ3n) is 4.22. The van der Waals surface area contributed by atoms with E-state index in [-0.39, 0.29) is 41.2 Å². The number of rotatable bonds is 7. The highest BCUT2D eigenvalue weighted by atomic mass is 16.6. The largest absolute Gasteiger partial charge is 0.483 e. The summed E-state index contributed by atoms with van der Waals surface area (Å²) in [6, 6.07) is 16.4. The third-order valence-corrected chi connectivity index (χ3v) is 4.22. The van der Waals surface area contributed by atoms with Gasteiger partial charge in [-0.25, -0.2) is 0 Å². The Morgan fingerprint density at radius 3 is 2.40 bits per heavy atom. The number of carbonyl (C=O) groups is 2. The van der Waals surface area contributed by atoms with Crippen LogP contribution in [0.25, 0.3) is 10.8 Å². The molecule has 8 heteroatoms. The Balaban J connectivity index is 1.90. The molecule has 3 aromatic rings. The molecule has 3 rings (SSSR count). The summed E-state index contributed by atoms with van der Waals surface area (Å²) in [4.78, 5) is 35.3. The summed E-state index contributed by atoms with van der Waals surface area (Å²) in [5.74, 6) is -0.556. The normalized spacial score (nSPS) is 10.6. The van der Waals surface area contributed by atoms with Gasteiger partial charge in [-0.05, 0) is 42.8 Å². The number of fused-ring (bicyclic) bond motifs is 1. The Morgan fingerprint density at radius 1 is 1.03 bits per heavy atom. The van der Waals surface area contributed by atoms with Crippen LogP contribution in [0.15, 0.2) is 60.7 Å². The van der Waals surface area contributed by atoms with E-state index in [2.05, 4.69) is 10.6 Å². The lowest BCUT2D eigenvalue weighted by Gasteiger charge is -2.14. The van der Waals surface area contributed by atoms with E-state index in [9.17, 15) is 19.7 Å². The van der Waals surface area contributed by atoms with Crippen LogP contribution >= 0.6 is 0 Å². The molecule has 0 spiro atoms. The fourth-order valence-corrected chi connectivity index (χ4v) is 2.92. The molecule has 0 heterocycles. The van der Waals surface area contributed by atoms with E-state index in [0.717, 1.165) is 10.8 Å². The van der Waals surface area contributed by atoms with E-state index >= 15 is 0 Å². The molecular formula is C22H21N3O5. The van der Waals surface area contributed by atoms with Crippen LogP contribution in [0.5, 0.6) is 5.75 Å². The van der Waals surface area contributed by atoms with Gasteiger partial charge < -0.3 is 15.4 Å². The molecule has 0 saturated heterocycles. The minimum absolute atomic E-state index is 0.0330. The molecular weight excluding hydrogens is 386 g/mol. The molecule has 3 aromatic carbocycles. The molecule has 0 aromatic heterocycles. The van der Waals surface area contributed by atoms with Crippen LogP contribution in [0, 0.1) is 10.1 Å². The molecule has 0 bridgehead atoms. The fourth-order valence-electron chi connectivity index (χ4n) is 2.92. The molecule has 0 aliphatic carbocycles. The van der Waals surface area contributed by atoms with Gasteiger partial charge in [0.25, 0.3) is 17.5 Å². The van der Waals surface area contributed by atoms with Crippen LogP contribution < -0.4 is 15.4 Å². The SMILES string of the molecule is CC(C)NC(=O)COc1cc2ccccc2cc1C(=O)Nc1cccc([N+](=O)[O-])c1. The van der Waals surface area contributed by atoms with Gasteiger partial charge in [-0.3, -0.25) is 19.7 Å². The van der Waals surface area contributed by atoms with Crippen molar-refractivity contribution in [2.45, 2.75) is 19.9 Å². The van der Waals surface area contributed by atoms with Crippen molar-refractivity contribution in [3.8, 4) is 5.75 Å². The number of ether oxygens (including phenoxy) is 1. The van der Waals surface area contributed by atoms with Crippen molar-refractivity contribution >= 4 is 34.0 Å². The number of carbonyl (C=O) groups excluding carboxylic acids is 2. The van der Waals surface area contributed by atoms with Crippen molar-refractivity contribution in [1.82, 2.24) is 5.32 Å². The highest BCUT2D eigenvalue weighted by molar-refractivity contribution is 6.08. The van der Waals surface area contributed by atoms with Gasteiger partial charge in [-0.15, -0.1) is 0 Å². The van der Waals surface area contributed by atoms with Crippen LogP contribution in [0.1, 0.15) is 24.2 Å². The van der Waals surface area contributed by atoms with E-state index in [1.807, 2.05) is 38.1 Å². The van der Waals surface area contributed by atoms with Gasteiger partial charge in [0, 0.05) is 23.9 Å². The van der Waals surface area contributed by atoms with Crippen LogP contribution in [-0.4, -0.2) is 29.4 Å². The summed E-state index contributed by atoms with van der Waals surface area (Å²) in [5.41, 5.74) is 0.372. The average molecular weight is 407 g/mol. The standard InChI is InChI=1S/C22H21N3O5/c1-14(2)23-21(26)13-30-20-11-16-7-4-3-6-15(16)10-19(20)22(27)24-17-8-5-9-18(12-17)25(28)29/h3-12,14H,13H2,1-2H3,(H,23,26)(H,24,27). The zero-order valence-electron chi connectivity index (χ0n) is 16.5. The predicted octanol–water partition coefficient (Wildman–Crippen LogP) is 3.90. The summed E-state index contributed by atoms with van der Waals surface area (Å²) in [6.07, 6.45) is 0. The van der Waals surface area contributed by atoms with Gasteiger partial charge in [-0.2, -0.15) is 0 Å². The topological polar surface area (TPSA) is 111 Å². The molecule has 2 amide bonds.